The van der Waals surface area contributed by atoms with Gasteiger partial charge in [0.15, 0.2) is 0 Å². The summed E-state index contributed by atoms with van der Waals surface area (Å²) in [5, 5.41) is 3.48. The van der Waals surface area contributed by atoms with Gasteiger partial charge in [0, 0.05) is 25.1 Å². The minimum absolute atomic E-state index is 0.0603. The monoisotopic (exact) mass is 374 g/mol. The van der Waals surface area contributed by atoms with E-state index in [0.29, 0.717) is 29.6 Å². The van der Waals surface area contributed by atoms with Crippen LogP contribution in [0.1, 0.15) is 41.4 Å². The van der Waals surface area contributed by atoms with Crippen LogP contribution < -0.4 is 10.9 Å². The van der Waals surface area contributed by atoms with E-state index in [1.54, 1.807) is 11.8 Å². The first-order valence-corrected chi connectivity index (χ1v) is 9.12. The zero-order valence-electron chi connectivity index (χ0n) is 15.2. The Morgan fingerprint density at radius 2 is 2.08 bits per heavy atom. The van der Waals surface area contributed by atoms with Crippen LogP contribution in [0.25, 0.3) is 0 Å². The highest BCUT2D eigenvalue weighted by Crippen LogP contribution is 2.29. The molecule has 2 amide bonds. The topological polar surface area (TPSA) is 78.1 Å². The van der Waals surface area contributed by atoms with Crippen LogP contribution in [0.3, 0.4) is 0 Å². The van der Waals surface area contributed by atoms with E-state index < -0.39 is 0 Å². The maximum absolute atomic E-state index is 12.7. The van der Waals surface area contributed by atoms with Gasteiger partial charge in [0.25, 0.3) is 5.56 Å². The largest absolute Gasteiger partial charge is 0.324 e. The molecule has 2 aromatic rings. The molecule has 0 bridgehead atoms. The predicted molar refractivity (Wildman–Crippen MR) is 103 cm³/mol. The third-order valence-electron chi connectivity index (χ3n) is 4.67. The number of nitrogens with one attached hydrogen (secondary N) is 2. The fraction of sp³-hybridized carbons (Fsp3) is 0.421. The number of nitrogens with zero attached hydrogens (tertiary/aromatic N) is 2. The number of carbonyl (C=O) groups is 1. The minimum Gasteiger partial charge on any atom is -0.324 e. The van der Waals surface area contributed by atoms with Crippen LogP contribution in [-0.2, 0) is 0 Å². The van der Waals surface area contributed by atoms with Gasteiger partial charge in [0.1, 0.15) is 5.82 Å². The molecule has 0 aliphatic carbocycles. The third kappa shape index (κ3) is 4.07. The van der Waals surface area contributed by atoms with E-state index in [2.05, 4.69) is 15.3 Å². The molecule has 0 saturated carbocycles. The van der Waals surface area contributed by atoms with E-state index in [9.17, 15) is 9.59 Å². The van der Waals surface area contributed by atoms with E-state index in [0.717, 1.165) is 29.7 Å². The minimum atomic E-state index is -0.176. The van der Waals surface area contributed by atoms with Gasteiger partial charge in [-0.15, -0.1) is 0 Å². The van der Waals surface area contributed by atoms with Crippen LogP contribution in [0.2, 0.25) is 5.02 Å². The van der Waals surface area contributed by atoms with Crippen LogP contribution in [-0.4, -0.2) is 34.0 Å². The number of benzene rings is 1. The lowest BCUT2D eigenvalue weighted by molar-refractivity contribution is 0.192. The van der Waals surface area contributed by atoms with E-state index in [1.807, 2.05) is 26.0 Å². The van der Waals surface area contributed by atoms with Crippen molar-refractivity contribution in [2.75, 3.05) is 18.4 Å². The zero-order valence-corrected chi connectivity index (χ0v) is 16.0. The van der Waals surface area contributed by atoms with Gasteiger partial charge >= 0.3 is 6.03 Å². The predicted octanol–water partition coefficient (Wildman–Crippen LogP) is 3.76. The molecule has 3 rings (SSSR count). The Balaban J connectivity index is 1.75. The number of carbonyl (C=O) groups excluding carboxylic acids is 1. The summed E-state index contributed by atoms with van der Waals surface area (Å²) < 4.78 is 0. The van der Waals surface area contributed by atoms with E-state index >= 15 is 0 Å². The molecule has 0 radical (unpaired) electrons. The van der Waals surface area contributed by atoms with Crippen molar-refractivity contribution in [2.45, 2.75) is 39.5 Å². The average Bonchev–Trinajstić information content (AvgIpc) is 2.57. The van der Waals surface area contributed by atoms with Gasteiger partial charge in [0.2, 0.25) is 0 Å². The number of aryl methyl sites for hydroxylation is 3. The Labute approximate surface area is 157 Å². The van der Waals surface area contributed by atoms with Crippen molar-refractivity contribution in [3.63, 3.8) is 0 Å². The molecule has 6 nitrogen and oxygen atoms in total. The van der Waals surface area contributed by atoms with E-state index in [-0.39, 0.29) is 17.5 Å². The quantitative estimate of drug-likeness (QED) is 0.840. The van der Waals surface area contributed by atoms with Crippen molar-refractivity contribution < 1.29 is 4.79 Å². The number of anilines is 1. The fourth-order valence-corrected chi connectivity index (χ4v) is 3.84. The average molecular weight is 375 g/mol. The highest BCUT2D eigenvalue weighted by molar-refractivity contribution is 6.34. The van der Waals surface area contributed by atoms with Crippen molar-refractivity contribution in [3.8, 4) is 0 Å². The first kappa shape index (κ1) is 18.5. The molecule has 1 aromatic heterocycles. The maximum atomic E-state index is 12.7. The van der Waals surface area contributed by atoms with Crippen LogP contribution in [0, 0.1) is 20.8 Å². The second-order valence-electron chi connectivity index (χ2n) is 6.91. The number of likely N-dealkylation sites (tertiary alicyclic amines) is 1. The number of hydrogen-bond acceptors (Lipinski definition) is 3. The number of urea groups is 1. The fourth-order valence-electron chi connectivity index (χ4n) is 3.47. The Hall–Kier alpha value is -2.34. The second kappa shape index (κ2) is 7.50. The molecule has 138 valence electrons. The molecule has 1 fully saturated rings. The molecule has 7 heteroatoms. The lowest BCUT2D eigenvalue weighted by Gasteiger charge is -2.32. The van der Waals surface area contributed by atoms with Crippen molar-refractivity contribution in [3.05, 3.63) is 56.2 Å². The lowest BCUT2D eigenvalue weighted by atomic mass is 9.94. The normalized spacial score (nSPS) is 17.2. The number of rotatable bonds is 2. The van der Waals surface area contributed by atoms with Crippen LogP contribution in [0.15, 0.2) is 23.0 Å². The smallest absolute Gasteiger partial charge is 0.321 e. The summed E-state index contributed by atoms with van der Waals surface area (Å²) in [4.78, 5) is 33.3. The number of aromatic amines is 1. The van der Waals surface area contributed by atoms with E-state index in [4.69, 9.17) is 11.6 Å². The molecule has 1 aromatic carbocycles. The SMILES string of the molecule is Cc1cc(C)c(NC(=O)N2CCCC(c3cc(=O)[nH]c(C)n3)C2)c(Cl)c1. The molecule has 1 aliphatic rings. The lowest BCUT2D eigenvalue weighted by Crippen LogP contribution is -2.42. The van der Waals surface area contributed by atoms with Crippen LogP contribution in [0.5, 0.6) is 0 Å². The zero-order chi connectivity index (χ0) is 18.8. The summed E-state index contributed by atoms with van der Waals surface area (Å²) in [5.74, 6) is 0.654. The summed E-state index contributed by atoms with van der Waals surface area (Å²) >= 11 is 6.30. The summed E-state index contributed by atoms with van der Waals surface area (Å²) in [6.45, 7) is 6.87. The van der Waals surface area contributed by atoms with Crippen LogP contribution >= 0.6 is 11.6 Å². The maximum Gasteiger partial charge on any atom is 0.321 e. The highest BCUT2D eigenvalue weighted by atomic mass is 35.5. The van der Waals surface area contributed by atoms with Crippen molar-refractivity contribution in [2.24, 2.45) is 0 Å². The van der Waals surface area contributed by atoms with Gasteiger partial charge < -0.3 is 15.2 Å². The Bertz CT molecular complexity index is 870. The summed E-state index contributed by atoms with van der Waals surface area (Å²) in [6.07, 6.45) is 1.77. The third-order valence-corrected chi connectivity index (χ3v) is 4.97. The Kier molecular flexibility index (Phi) is 5.32. The molecule has 2 N–H and O–H groups in total. The van der Waals surface area contributed by atoms with Crippen molar-refractivity contribution in [1.29, 1.82) is 0 Å². The number of H-pyrrole nitrogens is 1. The van der Waals surface area contributed by atoms with Gasteiger partial charge in [-0.05, 0) is 50.8 Å². The second-order valence-corrected chi connectivity index (χ2v) is 7.32. The van der Waals surface area contributed by atoms with Gasteiger partial charge in [-0.2, -0.15) is 0 Å². The first-order valence-electron chi connectivity index (χ1n) is 8.74. The molecule has 1 atom stereocenters. The number of hydrogen-bond donors (Lipinski definition) is 2. The Morgan fingerprint density at radius 1 is 1.31 bits per heavy atom. The summed E-state index contributed by atoms with van der Waals surface area (Å²) in [6, 6.07) is 5.18. The Morgan fingerprint density at radius 3 is 2.77 bits per heavy atom. The number of amides is 2. The van der Waals surface area contributed by atoms with Gasteiger partial charge in [-0.3, -0.25) is 4.79 Å². The van der Waals surface area contributed by atoms with Gasteiger partial charge in [-0.1, -0.05) is 17.7 Å². The number of halogens is 1. The molecule has 1 unspecified atom stereocenters. The van der Waals surface area contributed by atoms with Gasteiger partial charge in [0.05, 0.1) is 16.4 Å². The van der Waals surface area contributed by atoms with Crippen LogP contribution in [0.4, 0.5) is 10.5 Å². The summed E-state index contributed by atoms with van der Waals surface area (Å²) in [7, 11) is 0. The molecule has 0 spiro atoms. The molecule has 1 saturated heterocycles. The standard InChI is InChI=1S/C19H23ClN4O2/c1-11-7-12(2)18(15(20)8-11)23-19(26)24-6-4-5-14(10-24)16-9-17(25)22-13(3)21-16/h7-9,14H,4-6,10H2,1-3H3,(H,23,26)(H,21,22,25). The number of piperidine rings is 1. The molecule has 2 heterocycles. The molecular weight excluding hydrogens is 352 g/mol. The van der Waals surface area contributed by atoms with Crippen molar-refractivity contribution in [1.82, 2.24) is 14.9 Å². The molecular formula is C19H23ClN4O2. The first-order chi connectivity index (χ1) is 12.3. The molecule has 1 aliphatic heterocycles. The van der Waals surface area contributed by atoms with Gasteiger partial charge in [-0.25, -0.2) is 9.78 Å². The molecule has 26 heavy (non-hydrogen) atoms. The highest BCUT2D eigenvalue weighted by Gasteiger charge is 2.26. The van der Waals surface area contributed by atoms with E-state index in [1.165, 1.54) is 6.07 Å². The summed E-state index contributed by atoms with van der Waals surface area (Å²) in [5.41, 5.74) is 3.22. The number of aromatic nitrogens is 2. The van der Waals surface area contributed by atoms with Crippen molar-refractivity contribution >= 4 is 23.3 Å².